The van der Waals surface area contributed by atoms with Crippen molar-refractivity contribution in [2.24, 2.45) is 5.92 Å². The fraction of sp³-hybridized carbons (Fsp3) is 0.632. The van der Waals surface area contributed by atoms with Gasteiger partial charge < -0.3 is 29.7 Å². The van der Waals surface area contributed by atoms with Crippen LogP contribution >= 0.6 is 0 Å². The molecule has 0 aromatic heterocycles. The Kier molecular flexibility index (Phi) is 6.82. The van der Waals surface area contributed by atoms with E-state index in [1.165, 1.54) is 25.9 Å². The SMILES string of the molecule is CC1CCN(CCCNC(=O)NCCOc2ccc3c(c2)OCO3)CC1. The zero-order chi connectivity index (χ0) is 18.2. The monoisotopic (exact) mass is 363 g/mol. The van der Waals surface area contributed by atoms with Crippen LogP contribution in [0.4, 0.5) is 4.79 Å². The van der Waals surface area contributed by atoms with Gasteiger partial charge in [-0.1, -0.05) is 6.92 Å². The van der Waals surface area contributed by atoms with Crippen LogP contribution in [0.3, 0.4) is 0 Å². The molecule has 144 valence electrons. The topological polar surface area (TPSA) is 72.1 Å². The van der Waals surface area contributed by atoms with E-state index in [0.29, 0.717) is 31.2 Å². The molecule has 0 radical (unpaired) electrons. The molecule has 1 aromatic carbocycles. The van der Waals surface area contributed by atoms with Gasteiger partial charge in [-0.15, -0.1) is 0 Å². The molecule has 1 aromatic rings. The molecule has 0 unspecified atom stereocenters. The van der Waals surface area contributed by atoms with Crippen molar-refractivity contribution < 1.29 is 19.0 Å². The van der Waals surface area contributed by atoms with Crippen molar-refractivity contribution in [2.75, 3.05) is 46.1 Å². The Balaban J connectivity index is 1.21. The van der Waals surface area contributed by atoms with E-state index >= 15 is 0 Å². The van der Waals surface area contributed by atoms with E-state index in [0.717, 1.165) is 24.6 Å². The second-order valence-electron chi connectivity index (χ2n) is 6.92. The number of hydrogen-bond donors (Lipinski definition) is 2. The van der Waals surface area contributed by atoms with Gasteiger partial charge in [-0.3, -0.25) is 0 Å². The second-order valence-corrected chi connectivity index (χ2v) is 6.92. The first-order chi connectivity index (χ1) is 12.7. The van der Waals surface area contributed by atoms with Crippen LogP contribution in [-0.4, -0.2) is 57.1 Å². The number of hydrogen-bond acceptors (Lipinski definition) is 5. The highest BCUT2D eigenvalue weighted by Crippen LogP contribution is 2.34. The predicted octanol–water partition coefficient (Wildman–Crippen LogP) is 2.22. The van der Waals surface area contributed by atoms with Crippen LogP contribution in [0.2, 0.25) is 0 Å². The fourth-order valence-corrected chi connectivity index (χ4v) is 3.15. The van der Waals surface area contributed by atoms with E-state index in [2.05, 4.69) is 22.5 Å². The molecule has 1 saturated heterocycles. The van der Waals surface area contributed by atoms with Crippen LogP contribution in [0.15, 0.2) is 18.2 Å². The highest BCUT2D eigenvalue weighted by molar-refractivity contribution is 5.73. The van der Waals surface area contributed by atoms with E-state index in [9.17, 15) is 4.79 Å². The number of rotatable bonds is 8. The Morgan fingerprint density at radius 3 is 2.81 bits per heavy atom. The molecule has 26 heavy (non-hydrogen) atoms. The normalized spacial score (nSPS) is 17.1. The summed E-state index contributed by atoms with van der Waals surface area (Å²) in [6, 6.07) is 5.30. The van der Waals surface area contributed by atoms with Gasteiger partial charge in [-0.25, -0.2) is 4.79 Å². The average Bonchev–Trinajstić information content (AvgIpc) is 3.12. The number of piperidine rings is 1. The average molecular weight is 363 g/mol. The van der Waals surface area contributed by atoms with Gasteiger partial charge in [-0.05, 0) is 56.9 Å². The molecule has 2 aliphatic rings. The van der Waals surface area contributed by atoms with E-state index in [4.69, 9.17) is 14.2 Å². The number of fused-ring (bicyclic) bond motifs is 1. The fourth-order valence-electron chi connectivity index (χ4n) is 3.15. The van der Waals surface area contributed by atoms with Crippen LogP contribution < -0.4 is 24.8 Å². The van der Waals surface area contributed by atoms with Crippen LogP contribution in [0.1, 0.15) is 26.2 Å². The molecular weight excluding hydrogens is 334 g/mol. The number of carbonyl (C=O) groups excluding carboxylic acids is 1. The summed E-state index contributed by atoms with van der Waals surface area (Å²) in [5.74, 6) is 2.98. The molecule has 2 amide bonds. The molecule has 0 atom stereocenters. The summed E-state index contributed by atoms with van der Waals surface area (Å²) < 4.78 is 16.2. The van der Waals surface area contributed by atoms with Crippen LogP contribution in [-0.2, 0) is 0 Å². The van der Waals surface area contributed by atoms with E-state index < -0.39 is 0 Å². The summed E-state index contributed by atoms with van der Waals surface area (Å²) in [6.45, 7) is 7.54. The molecule has 1 fully saturated rings. The highest BCUT2D eigenvalue weighted by atomic mass is 16.7. The minimum atomic E-state index is -0.147. The number of benzene rings is 1. The minimum absolute atomic E-state index is 0.147. The number of nitrogens with zero attached hydrogens (tertiary/aromatic N) is 1. The summed E-state index contributed by atoms with van der Waals surface area (Å²) in [6.07, 6.45) is 3.56. The Labute approximate surface area is 155 Å². The number of likely N-dealkylation sites (tertiary alicyclic amines) is 1. The Morgan fingerprint density at radius 2 is 1.96 bits per heavy atom. The molecule has 7 nitrogen and oxygen atoms in total. The second kappa shape index (κ2) is 9.52. The molecular formula is C19H29N3O4. The lowest BCUT2D eigenvalue weighted by molar-refractivity contribution is 0.173. The van der Waals surface area contributed by atoms with Gasteiger partial charge >= 0.3 is 6.03 Å². The maximum atomic E-state index is 11.8. The summed E-state index contributed by atoms with van der Waals surface area (Å²) in [5, 5.41) is 5.70. The molecule has 2 N–H and O–H groups in total. The summed E-state index contributed by atoms with van der Waals surface area (Å²) in [5.41, 5.74) is 0. The predicted molar refractivity (Wildman–Crippen MR) is 98.9 cm³/mol. The molecule has 2 heterocycles. The van der Waals surface area contributed by atoms with E-state index in [1.807, 2.05) is 12.1 Å². The number of ether oxygens (including phenoxy) is 3. The standard InChI is InChI=1S/C19H29N3O4/c1-15-5-10-22(11-6-15)9-2-7-20-19(23)21-8-12-24-16-3-4-17-18(13-16)26-14-25-17/h3-4,13,15H,2,5-12,14H2,1H3,(H2,20,21,23). The van der Waals surface area contributed by atoms with E-state index in [1.54, 1.807) is 6.07 Å². The third kappa shape index (κ3) is 5.69. The van der Waals surface area contributed by atoms with Crippen molar-refractivity contribution in [3.8, 4) is 17.2 Å². The Hall–Kier alpha value is -2.15. The van der Waals surface area contributed by atoms with Crippen LogP contribution in [0.25, 0.3) is 0 Å². The van der Waals surface area contributed by atoms with Crippen molar-refractivity contribution in [2.45, 2.75) is 26.2 Å². The van der Waals surface area contributed by atoms with Crippen molar-refractivity contribution in [1.29, 1.82) is 0 Å². The maximum Gasteiger partial charge on any atom is 0.314 e. The molecule has 0 bridgehead atoms. The van der Waals surface area contributed by atoms with Gasteiger partial charge in [0.25, 0.3) is 0 Å². The zero-order valence-electron chi connectivity index (χ0n) is 15.5. The van der Waals surface area contributed by atoms with Gasteiger partial charge in [0.2, 0.25) is 6.79 Å². The molecule has 0 saturated carbocycles. The van der Waals surface area contributed by atoms with Gasteiger partial charge in [0.1, 0.15) is 12.4 Å². The first-order valence-corrected chi connectivity index (χ1v) is 9.47. The summed E-state index contributed by atoms with van der Waals surface area (Å²) in [4.78, 5) is 14.3. The van der Waals surface area contributed by atoms with E-state index in [-0.39, 0.29) is 12.8 Å². The minimum Gasteiger partial charge on any atom is -0.492 e. The molecule has 7 heteroatoms. The maximum absolute atomic E-state index is 11.8. The van der Waals surface area contributed by atoms with Crippen LogP contribution in [0.5, 0.6) is 17.2 Å². The first-order valence-electron chi connectivity index (χ1n) is 9.47. The lowest BCUT2D eigenvalue weighted by Gasteiger charge is -2.30. The van der Waals surface area contributed by atoms with Gasteiger partial charge in [0.05, 0.1) is 6.54 Å². The molecule has 2 aliphatic heterocycles. The highest BCUT2D eigenvalue weighted by Gasteiger charge is 2.15. The number of amides is 2. The lowest BCUT2D eigenvalue weighted by Crippen LogP contribution is -2.39. The van der Waals surface area contributed by atoms with Crippen molar-refractivity contribution in [3.05, 3.63) is 18.2 Å². The molecule has 0 aliphatic carbocycles. The van der Waals surface area contributed by atoms with Crippen molar-refractivity contribution in [1.82, 2.24) is 15.5 Å². The Bertz CT molecular complexity index is 588. The van der Waals surface area contributed by atoms with Crippen molar-refractivity contribution in [3.63, 3.8) is 0 Å². The smallest absolute Gasteiger partial charge is 0.314 e. The summed E-state index contributed by atoms with van der Waals surface area (Å²) in [7, 11) is 0. The number of nitrogens with one attached hydrogen (secondary N) is 2. The lowest BCUT2D eigenvalue weighted by atomic mass is 9.99. The molecule has 0 spiro atoms. The van der Waals surface area contributed by atoms with Gasteiger partial charge in [0.15, 0.2) is 11.5 Å². The van der Waals surface area contributed by atoms with Crippen LogP contribution in [0, 0.1) is 5.92 Å². The zero-order valence-corrected chi connectivity index (χ0v) is 15.5. The number of urea groups is 1. The third-order valence-electron chi connectivity index (χ3n) is 4.81. The summed E-state index contributed by atoms with van der Waals surface area (Å²) >= 11 is 0. The third-order valence-corrected chi connectivity index (χ3v) is 4.81. The quantitative estimate of drug-likeness (QED) is 0.693. The number of carbonyl (C=O) groups is 1. The Morgan fingerprint density at radius 1 is 1.19 bits per heavy atom. The largest absolute Gasteiger partial charge is 0.492 e. The molecule has 3 rings (SSSR count). The van der Waals surface area contributed by atoms with Gasteiger partial charge in [-0.2, -0.15) is 0 Å². The first kappa shape index (κ1) is 18.6. The van der Waals surface area contributed by atoms with Gasteiger partial charge in [0, 0.05) is 12.6 Å². The van der Waals surface area contributed by atoms with Crippen molar-refractivity contribution >= 4 is 6.03 Å².